The van der Waals surface area contributed by atoms with E-state index in [2.05, 4.69) is 44.5 Å². The zero-order valence-corrected chi connectivity index (χ0v) is 26.6. The molecule has 0 aromatic heterocycles. The smallest absolute Gasteiger partial charge is 0.450 e. The third-order valence-electron chi connectivity index (χ3n) is 6.01. The van der Waals surface area contributed by atoms with Crippen molar-refractivity contribution in [2.24, 2.45) is 11.3 Å². The van der Waals surface area contributed by atoms with Crippen LogP contribution < -0.4 is 5.32 Å². The molecule has 0 fully saturated rings. The molecular weight excluding hydrogens is 517 g/mol. The van der Waals surface area contributed by atoms with Gasteiger partial charge < -0.3 is 33.1 Å². The van der Waals surface area contributed by atoms with Gasteiger partial charge in [0.1, 0.15) is 0 Å². The third-order valence-corrected chi connectivity index (χ3v) is 9.68. The van der Waals surface area contributed by atoms with Crippen molar-refractivity contribution in [1.29, 1.82) is 0 Å². The van der Waals surface area contributed by atoms with Crippen LogP contribution >= 0.6 is 7.82 Å². The number of rotatable bonds is 21. The molecule has 0 spiro atoms. The quantitative estimate of drug-likeness (QED) is 0.0823. The first-order valence-corrected chi connectivity index (χ1v) is 17.3. The van der Waals surface area contributed by atoms with Gasteiger partial charge in [-0.1, -0.05) is 47.5 Å². The van der Waals surface area contributed by atoms with Crippen molar-refractivity contribution in [1.82, 2.24) is 5.32 Å². The Labute approximate surface area is 227 Å². The van der Waals surface area contributed by atoms with Gasteiger partial charge in [0.2, 0.25) is 0 Å². The molecule has 0 aliphatic rings. The molecule has 0 saturated heterocycles. The van der Waals surface area contributed by atoms with Gasteiger partial charge in [0.15, 0.2) is 0 Å². The maximum Gasteiger partial charge on any atom is 0.500 e. The van der Waals surface area contributed by atoms with Crippen LogP contribution in [0.4, 0.5) is 4.79 Å². The van der Waals surface area contributed by atoms with Gasteiger partial charge >= 0.3 is 22.7 Å². The van der Waals surface area contributed by atoms with Crippen molar-refractivity contribution < 1.29 is 41.7 Å². The largest absolute Gasteiger partial charge is 0.500 e. The van der Waals surface area contributed by atoms with Crippen LogP contribution in [0.1, 0.15) is 100 Å². The fourth-order valence-electron chi connectivity index (χ4n) is 3.26. The average Bonchev–Trinajstić information content (AvgIpc) is 2.82. The number of carbonyl (C=O) groups is 1. The molecule has 224 valence electrons. The van der Waals surface area contributed by atoms with Crippen molar-refractivity contribution in [2.75, 3.05) is 39.6 Å². The molecule has 1 amide bonds. The number of carbonyl (C=O) groups excluding carboxylic acids is 1. The van der Waals surface area contributed by atoms with E-state index >= 15 is 0 Å². The Morgan fingerprint density at radius 3 is 1.97 bits per heavy atom. The highest BCUT2D eigenvalue weighted by atomic mass is 31.2. The number of hydrogen-bond donors (Lipinski definition) is 3. The second kappa shape index (κ2) is 22.3. The van der Waals surface area contributed by atoms with Gasteiger partial charge in [0.05, 0.1) is 13.2 Å². The second-order valence-corrected chi connectivity index (χ2v) is 13.7. The van der Waals surface area contributed by atoms with Crippen LogP contribution in [0, 0.1) is 11.3 Å². The maximum atomic E-state index is 11.6. The molecular formula is C25H56NO9PSi. The lowest BCUT2D eigenvalue weighted by Gasteiger charge is -2.28. The highest BCUT2D eigenvalue weighted by Crippen LogP contribution is 2.36. The van der Waals surface area contributed by atoms with Gasteiger partial charge in [-0.25, -0.2) is 9.36 Å². The Morgan fingerprint density at radius 1 is 0.946 bits per heavy atom. The molecule has 1 atom stereocenters. The van der Waals surface area contributed by atoms with Crippen LogP contribution in [0.25, 0.3) is 0 Å². The summed E-state index contributed by atoms with van der Waals surface area (Å²) in [6.07, 6.45) is 6.23. The van der Waals surface area contributed by atoms with Crippen LogP contribution in [0.15, 0.2) is 0 Å². The number of amides is 1. The Bertz CT molecular complexity index is 588. The van der Waals surface area contributed by atoms with E-state index in [1.807, 2.05) is 20.8 Å². The van der Waals surface area contributed by atoms with E-state index in [1.54, 1.807) is 0 Å². The molecule has 3 N–H and O–H groups in total. The molecule has 0 aromatic carbocycles. The summed E-state index contributed by atoms with van der Waals surface area (Å²) in [5, 5.41) is 2.78. The van der Waals surface area contributed by atoms with Gasteiger partial charge in [-0.05, 0) is 64.2 Å². The van der Waals surface area contributed by atoms with Gasteiger partial charge in [0.25, 0.3) is 0 Å². The zero-order valence-electron chi connectivity index (χ0n) is 24.7. The minimum Gasteiger partial charge on any atom is -0.450 e. The molecule has 0 radical (unpaired) electrons. The van der Waals surface area contributed by atoms with E-state index in [4.69, 9.17) is 27.8 Å². The molecule has 0 aliphatic heterocycles. The van der Waals surface area contributed by atoms with Crippen LogP contribution in [0.5, 0.6) is 0 Å². The molecule has 37 heavy (non-hydrogen) atoms. The Balaban J connectivity index is 0. The SMILES string of the molecule is CCC(C)(C)CCCOP(=O)(O)O.CCO[Si](CCCNC(=O)OCCCC(C)CC)(OCC)OCC. The molecule has 0 heterocycles. The van der Waals surface area contributed by atoms with Crippen molar-refractivity contribution in [2.45, 2.75) is 106 Å². The summed E-state index contributed by atoms with van der Waals surface area (Å²) in [4.78, 5) is 28.4. The molecule has 0 aliphatic carbocycles. The van der Waals surface area contributed by atoms with E-state index in [-0.39, 0.29) is 18.1 Å². The number of hydrogen-bond acceptors (Lipinski definition) is 7. The standard InChI is InChI=1S/C17H37NO5Si.C8H19O4P/c1-6-16(5)12-10-14-20-17(19)18-13-11-15-24(21-7-2,22-8-3)23-9-4;1-4-8(2,3)6-5-7-12-13(9,10)11/h16H,6-15H2,1-5H3,(H,18,19);4-7H2,1-3H3,(H2,9,10,11). The Hall–Kier alpha value is -0.523. The third kappa shape index (κ3) is 24.3. The van der Waals surface area contributed by atoms with Crippen LogP contribution in [0.2, 0.25) is 6.04 Å². The summed E-state index contributed by atoms with van der Waals surface area (Å²) in [6.45, 7) is 19.4. The fourth-order valence-corrected chi connectivity index (χ4v) is 6.24. The minimum absolute atomic E-state index is 0.133. The number of nitrogens with one attached hydrogen (secondary N) is 1. The van der Waals surface area contributed by atoms with Gasteiger partial charge in [-0.3, -0.25) is 4.52 Å². The van der Waals surface area contributed by atoms with Crippen molar-refractivity contribution in [3.63, 3.8) is 0 Å². The maximum absolute atomic E-state index is 11.6. The lowest BCUT2D eigenvalue weighted by Crippen LogP contribution is -2.46. The number of phosphoric ester groups is 1. The Morgan fingerprint density at radius 2 is 1.51 bits per heavy atom. The highest BCUT2D eigenvalue weighted by Gasteiger charge is 2.39. The molecule has 10 nitrogen and oxygen atoms in total. The monoisotopic (exact) mass is 573 g/mol. The first kappa shape index (κ1) is 38.6. The van der Waals surface area contributed by atoms with Gasteiger partial charge in [-0.2, -0.15) is 0 Å². The van der Waals surface area contributed by atoms with E-state index in [9.17, 15) is 9.36 Å². The zero-order chi connectivity index (χ0) is 28.8. The fraction of sp³-hybridized carbons (Fsp3) is 0.960. The predicted octanol–water partition coefficient (Wildman–Crippen LogP) is 6.29. The number of alkyl carbamates (subject to hydrolysis) is 1. The highest BCUT2D eigenvalue weighted by molar-refractivity contribution is 7.46. The van der Waals surface area contributed by atoms with Crippen LogP contribution in [-0.2, 0) is 27.1 Å². The van der Waals surface area contributed by atoms with E-state index in [0.29, 0.717) is 51.4 Å². The molecule has 0 bridgehead atoms. The normalized spacial score (nSPS) is 13.0. The van der Waals surface area contributed by atoms with Gasteiger partial charge in [-0.15, -0.1) is 0 Å². The summed E-state index contributed by atoms with van der Waals surface area (Å²) >= 11 is 0. The summed E-state index contributed by atoms with van der Waals surface area (Å²) < 4.78 is 37.2. The van der Waals surface area contributed by atoms with Crippen LogP contribution in [0.3, 0.4) is 0 Å². The van der Waals surface area contributed by atoms with Crippen molar-refractivity contribution >= 4 is 22.7 Å². The first-order chi connectivity index (χ1) is 17.3. The van der Waals surface area contributed by atoms with E-state index in [0.717, 1.165) is 38.5 Å². The predicted molar refractivity (Wildman–Crippen MR) is 149 cm³/mol. The van der Waals surface area contributed by atoms with Gasteiger partial charge in [0, 0.05) is 32.4 Å². The summed E-state index contributed by atoms with van der Waals surface area (Å²) in [7, 11) is -6.86. The number of ether oxygens (including phenoxy) is 1. The summed E-state index contributed by atoms with van der Waals surface area (Å²) in [5.41, 5.74) is 0.234. The molecule has 0 aromatic rings. The van der Waals surface area contributed by atoms with E-state index < -0.39 is 16.6 Å². The summed E-state index contributed by atoms with van der Waals surface area (Å²) in [5.74, 6) is 0.686. The molecule has 12 heteroatoms. The molecule has 0 rings (SSSR count). The van der Waals surface area contributed by atoms with Crippen LogP contribution in [-0.4, -0.2) is 64.3 Å². The second-order valence-electron chi connectivity index (χ2n) is 9.75. The molecule has 0 saturated carbocycles. The number of phosphoric acid groups is 1. The first-order valence-electron chi connectivity index (χ1n) is 13.8. The van der Waals surface area contributed by atoms with Crippen molar-refractivity contribution in [3.05, 3.63) is 0 Å². The van der Waals surface area contributed by atoms with E-state index in [1.165, 1.54) is 0 Å². The lowest BCUT2D eigenvalue weighted by molar-refractivity contribution is 0.0706. The topological polar surface area (TPSA) is 133 Å². The van der Waals surface area contributed by atoms with Crippen molar-refractivity contribution in [3.8, 4) is 0 Å². The molecule has 1 unspecified atom stereocenters. The average molecular weight is 574 g/mol. The summed E-state index contributed by atoms with van der Waals surface area (Å²) in [6, 6.07) is 0.691. The Kier molecular flexibility index (Phi) is 23.3. The lowest BCUT2D eigenvalue weighted by atomic mass is 9.85. The minimum atomic E-state index is -4.26.